The summed E-state index contributed by atoms with van der Waals surface area (Å²) in [7, 11) is -1.10. The first-order chi connectivity index (χ1) is 17.1. The zero-order valence-electron chi connectivity index (χ0n) is 20.6. The van der Waals surface area contributed by atoms with Gasteiger partial charge < -0.3 is 14.8 Å². The van der Waals surface area contributed by atoms with E-state index in [2.05, 4.69) is 15.0 Å². The number of benzene rings is 2. The Morgan fingerprint density at radius 1 is 1.19 bits per heavy atom. The van der Waals surface area contributed by atoms with Crippen molar-refractivity contribution in [3.05, 3.63) is 69.2 Å². The van der Waals surface area contributed by atoms with Crippen LogP contribution in [0.1, 0.15) is 61.4 Å². The summed E-state index contributed by atoms with van der Waals surface area (Å²) in [6.45, 7) is 8.03. The second-order valence-electron chi connectivity index (χ2n) is 10.0. The minimum absolute atomic E-state index is 0.0829. The van der Waals surface area contributed by atoms with Gasteiger partial charge in [0.2, 0.25) is 12.7 Å². The highest BCUT2D eigenvalue weighted by Gasteiger charge is 2.52. The molecule has 3 N–H and O–H groups in total. The van der Waals surface area contributed by atoms with E-state index < -0.39 is 16.4 Å². The number of thiazole rings is 1. The molecular formula is C26H29ClN3O4S2+. The van der Waals surface area contributed by atoms with Crippen molar-refractivity contribution in [3.8, 4) is 11.5 Å². The van der Waals surface area contributed by atoms with Gasteiger partial charge in [-0.3, -0.25) is 4.79 Å². The molecule has 7 nitrogen and oxygen atoms in total. The Kier molecular flexibility index (Phi) is 6.61. The van der Waals surface area contributed by atoms with Crippen LogP contribution in [0.3, 0.4) is 0 Å². The predicted molar refractivity (Wildman–Crippen MR) is 144 cm³/mol. The Morgan fingerprint density at radius 3 is 2.61 bits per heavy atom. The van der Waals surface area contributed by atoms with Crippen LogP contribution in [0, 0.1) is 6.92 Å². The standard InChI is InChI=1S/C26H28ClN3O4S2/c1-15-22(21(30-36(32)25(2,3)4)17-7-5-6-8-18(17)27)35-24(28-15)29-23(31)26(11-12-26)16-9-10-19-20(13-16)34-14-33-19/h5-10,13,21,30H,11-12,14H2,1-4H3,(H,28,29,31)/p+1/t21-,36?/m1/s1. The number of nitrogens with zero attached hydrogens (tertiary/aromatic N) is 1. The number of hydrogen-bond acceptors (Lipinski definition) is 5. The fourth-order valence-corrected chi connectivity index (χ4v) is 6.34. The van der Waals surface area contributed by atoms with Crippen LogP contribution in [-0.2, 0) is 21.2 Å². The average molecular weight is 547 g/mol. The third-order valence-electron chi connectivity index (χ3n) is 6.45. The maximum absolute atomic E-state index is 13.4. The number of carbonyl (C=O) groups excluding carboxylic acids is 1. The van der Waals surface area contributed by atoms with E-state index in [0.29, 0.717) is 21.7 Å². The molecule has 1 aliphatic carbocycles. The van der Waals surface area contributed by atoms with E-state index in [0.717, 1.165) is 34.5 Å². The topological polar surface area (TPSA) is 93.9 Å². The molecule has 190 valence electrons. The van der Waals surface area contributed by atoms with Gasteiger partial charge in [-0.05, 0) is 69.9 Å². The normalized spacial score (nSPS) is 17.5. The van der Waals surface area contributed by atoms with Gasteiger partial charge in [0, 0.05) is 5.02 Å². The van der Waals surface area contributed by atoms with Crippen LogP contribution in [0.25, 0.3) is 0 Å². The molecule has 0 radical (unpaired) electrons. The number of fused-ring (bicyclic) bond motifs is 1. The van der Waals surface area contributed by atoms with Gasteiger partial charge in [0.1, 0.15) is 4.75 Å². The van der Waals surface area contributed by atoms with Crippen molar-refractivity contribution in [2.75, 3.05) is 12.1 Å². The lowest BCUT2D eigenvalue weighted by Crippen LogP contribution is -2.36. The second-order valence-corrected chi connectivity index (χ2v) is 13.5. The Bertz CT molecular complexity index is 1350. The Morgan fingerprint density at radius 2 is 1.92 bits per heavy atom. The van der Waals surface area contributed by atoms with Gasteiger partial charge in [-0.15, -0.1) is 0 Å². The van der Waals surface area contributed by atoms with Crippen molar-refractivity contribution in [2.24, 2.45) is 0 Å². The number of anilines is 1. The Hall–Kier alpha value is -2.46. The first-order valence-corrected chi connectivity index (χ1v) is 14.1. The molecule has 0 spiro atoms. The number of aryl methyl sites for hydroxylation is 1. The smallest absolute Gasteiger partial charge is 0.269 e. The zero-order valence-corrected chi connectivity index (χ0v) is 22.9. The number of aromatic nitrogens is 1. The van der Waals surface area contributed by atoms with Crippen LogP contribution in [0.2, 0.25) is 5.02 Å². The van der Waals surface area contributed by atoms with E-state index in [9.17, 15) is 9.00 Å². The first kappa shape index (κ1) is 25.2. The van der Waals surface area contributed by atoms with Crippen LogP contribution < -0.4 is 19.5 Å². The summed E-state index contributed by atoms with van der Waals surface area (Å²) in [5.41, 5.74) is 1.94. The molecule has 0 bridgehead atoms. The van der Waals surface area contributed by atoms with Crippen molar-refractivity contribution in [2.45, 2.75) is 56.7 Å². The zero-order chi connectivity index (χ0) is 25.7. The third-order valence-corrected chi connectivity index (χ3v) is 9.55. The predicted octanol–water partition coefficient (Wildman–Crippen LogP) is 5.80. The van der Waals surface area contributed by atoms with Gasteiger partial charge in [-0.25, -0.2) is 9.19 Å². The van der Waals surface area contributed by atoms with Crippen molar-refractivity contribution in [1.82, 2.24) is 9.71 Å². The average Bonchev–Trinajstić information content (AvgIpc) is 3.38. The molecule has 36 heavy (non-hydrogen) atoms. The van der Waals surface area contributed by atoms with Crippen molar-refractivity contribution >= 4 is 45.0 Å². The van der Waals surface area contributed by atoms with Crippen LogP contribution in [0.5, 0.6) is 11.5 Å². The fraction of sp³-hybridized carbons (Fsp3) is 0.385. The molecule has 1 saturated carbocycles. The molecule has 0 saturated heterocycles. The number of carbonyl (C=O) groups is 1. The van der Waals surface area contributed by atoms with Crippen LogP contribution in [0.15, 0.2) is 42.5 Å². The number of ether oxygens (including phenoxy) is 2. The molecule has 2 aromatic carbocycles. The van der Waals surface area contributed by atoms with Crippen molar-refractivity contribution < 1.29 is 18.5 Å². The monoisotopic (exact) mass is 546 g/mol. The van der Waals surface area contributed by atoms with Crippen molar-refractivity contribution in [1.29, 1.82) is 0 Å². The number of nitrogens with one attached hydrogen (secondary N) is 2. The molecule has 1 unspecified atom stereocenters. The molecule has 2 heterocycles. The van der Waals surface area contributed by atoms with E-state index in [1.54, 1.807) is 0 Å². The minimum Gasteiger partial charge on any atom is -0.454 e. The molecule has 2 aliphatic rings. The van der Waals surface area contributed by atoms with Crippen LogP contribution in [-0.4, -0.2) is 26.6 Å². The highest BCUT2D eigenvalue weighted by molar-refractivity contribution is 7.84. The molecule has 2 atom stereocenters. The van der Waals surface area contributed by atoms with Gasteiger partial charge in [0.05, 0.1) is 22.0 Å². The quantitative estimate of drug-likeness (QED) is 0.366. The van der Waals surface area contributed by atoms with Gasteiger partial charge >= 0.3 is 0 Å². The van der Waals surface area contributed by atoms with E-state index in [1.165, 1.54) is 11.3 Å². The molecule has 1 aromatic heterocycles. The lowest BCUT2D eigenvalue weighted by atomic mass is 9.94. The molecule has 3 aromatic rings. The maximum atomic E-state index is 13.4. The first-order valence-electron chi connectivity index (χ1n) is 11.7. The highest BCUT2D eigenvalue weighted by atomic mass is 35.5. The van der Waals surface area contributed by atoms with Gasteiger partial charge in [-0.2, -0.15) is 4.72 Å². The van der Waals surface area contributed by atoms with E-state index >= 15 is 0 Å². The summed E-state index contributed by atoms with van der Waals surface area (Å²) in [6.07, 6.45) is 1.52. The summed E-state index contributed by atoms with van der Waals surface area (Å²) in [5.74, 6) is 1.29. The summed E-state index contributed by atoms with van der Waals surface area (Å²) < 4.78 is 24.8. The Labute approximate surface area is 222 Å². The fourth-order valence-electron chi connectivity index (χ4n) is 4.17. The summed E-state index contributed by atoms with van der Waals surface area (Å²) in [5, 5.41) is 4.17. The van der Waals surface area contributed by atoms with Gasteiger partial charge in [0.15, 0.2) is 16.6 Å². The number of rotatable bonds is 7. The SMILES string of the molecule is Cc1nc(NC(=O)C2(c3ccc4c(c3)OCO4)CC2)sc1[C@H](NS(=[OH+])C(C)(C)C)c1ccccc1Cl. The molecular weight excluding hydrogens is 518 g/mol. The van der Waals surface area contributed by atoms with Crippen LogP contribution in [0.4, 0.5) is 5.13 Å². The lowest BCUT2D eigenvalue weighted by Gasteiger charge is -2.21. The van der Waals surface area contributed by atoms with E-state index in [-0.39, 0.29) is 23.5 Å². The van der Waals surface area contributed by atoms with Gasteiger partial charge in [-0.1, -0.05) is 47.2 Å². The molecule has 1 amide bonds. The summed E-state index contributed by atoms with van der Waals surface area (Å²) >= 11 is 7.96. The third kappa shape index (κ3) is 4.77. The van der Waals surface area contributed by atoms with E-state index in [1.807, 2.05) is 70.2 Å². The number of hydrogen-bond donors (Lipinski definition) is 2. The minimum atomic E-state index is -1.10. The molecule has 1 aliphatic heterocycles. The Balaban J connectivity index is 1.42. The summed E-state index contributed by atoms with van der Waals surface area (Å²) in [4.78, 5) is 19.0. The molecule has 5 rings (SSSR count). The van der Waals surface area contributed by atoms with Gasteiger partial charge in [0.25, 0.3) is 11.0 Å². The summed E-state index contributed by atoms with van der Waals surface area (Å²) in [6, 6.07) is 12.9. The van der Waals surface area contributed by atoms with Crippen molar-refractivity contribution in [3.63, 3.8) is 0 Å². The number of amides is 1. The molecule has 1 fully saturated rings. The highest BCUT2D eigenvalue weighted by Crippen LogP contribution is 2.51. The largest absolute Gasteiger partial charge is 0.454 e. The second kappa shape index (κ2) is 9.45. The molecule has 10 heteroatoms. The maximum Gasteiger partial charge on any atom is 0.269 e. The lowest BCUT2D eigenvalue weighted by molar-refractivity contribution is -0.118. The van der Waals surface area contributed by atoms with Crippen LogP contribution >= 0.6 is 22.9 Å². The number of halogens is 1. The van der Waals surface area contributed by atoms with E-state index in [4.69, 9.17) is 21.1 Å².